The number of para-hydroxylation sites is 2. The predicted octanol–water partition coefficient (Wildman–Crippen LogP) is 6.26. The van der Waals surface area contributed by atoms with Crippen molar-refractivity contribution in [2.45, 2.75) is 45.6 Å². The van der Waals surface area contributed by atoms with E-state index < -0.39 is 0 Å². The van der Waals surface area contributed by atoms with Gasteiger partial charge in [0, 0.05) is 33.8 Å². The molecule has 2 heterocycles. The zero-order chi connectivity index (χ0) is 18.1. The van der Waals surface area contributed by atoms with Gasteiger partial charge in [-0.2, -0.15) is 0 Å². The largest absolute Gasteiger partial charge is 0.376 e. The standard InChI is InChI=1S/C24H26N2/c1-15-21(17-9-5-7-11-19(17)25-15)16-13-23(2,3)22-18-10-6-8-12-20(18)26-24(22,4)14-16/h5-12,14,22,25-26H,13H2,1-4H3/t22-,24+/m0/s1. The number of anilines is 1. The normalized spacial score (nSPS) is 26.2. The van der Waals surface area contributed by atoms with Crippen LogP contribution in [0.25, 0.3) is 16.5 Å². The fourth-order valence-electron chi connectivity index (χ4n) is 5.76. The molecule has 26 heavy (non-hydrogen) atoms. The van der Waals surface area contributed by atoms with Crippen LogP contribution in [0.5, 0.6) is 0 Å². The Hall–Kier alpha value is -2.48. The molecule has 0 bridgehead atoms. The van der Waals surface area contributed by atoms with Crippen LogP contribution in [-0.4, -0.2) is 10.5 Å². The molecule has 1 aliphatic heterocycles. The Bertz CT molecular complexity index is 1050. The molecule has 2 aromatic carbocycles. The van der Waals surface area contributed by atoms with Crippen molar-refractivity contribution < 1.29 is 0 Å². The van der Waals surface area contributed by atoms with E-state index in [2.05, 4.69) is 92.6 Å². The number of aromatic nitrogens is 1. The van der Waals surface area contributed by atoms with Crippen molar-refractivity contribution in [1.29, 1.82) is 0 Å². The van der Waals surface area contributed by atoms with Gasteiger partial charge in [-0.15, -0.1) is 0 Å². The van der Waals surface area contributed by atoms with E-state index in [9.17, 15) is 0 Å². The first-order valence-electron chi connectivity index (χ1n) is 9.56. The van der Waals surface area contributed by atoms with E-state index >= 15 is 0 Å². The number of fused-ring (bicyclic) bond motifs is 4. The first-order chi connectivity index (χ1) is 12.4. The Morgan fingerprint density at radius 1 is 0.962 bits per heavy atom. The van der Waals surface area contributed by atoms with E-state index in [1.165, 1.54) is 39.0 Å². The third-order valence-corrected chi connectivity index (χ3v) is 6.39. The second-order valence-corrected chi connectivity index (χ2v) is 8.93. The van der Waals surface area contributed by atoms with Gasteiger partial charge in [0.1, 0.15) is 0 Å². The monoisotopic (exact) mass is 342 g/mol. The number of aromatic amines is 1. The van der Waals surface area contributed by atoms with Gasteiger partial charge >= 0.3 is 0 Å². The smallest absolute Gasteiger partial charge is 0.0608 e. The van der Waals surface area contributed by atoms with Crippen molar-refractivity contribution in [3.63, 3.8) is 0 Å². The third-order valence-electron chi connectivity index (χ3n) is 6.39. The predicted molar refractivity (Wildman–Crippen MR) is 111 cm³/mol. The maximum atomic E-state index is 3.84. The van der Waals surface area contributed by atoms with Crippen LogP contribution in [0, 0.1) is 12.3 Å². The molecule has 0 amide bonds. The Morgan fingerprint density at radius 3 is 2.54 bits per heavy atom. The number of benzene rings is 2. The summed E-state index contributed by atoms with van der Waals surface area (Å²) < 4.78 is 0. The highest BCUT2D eigenvalue weighted by Gasteiger charge is 2.51. The van der Waals surface area contributed by atoms with Crippen molar-refractivity contribution in [2.75, 3.05) is 5.32 Å². The average Bonchev–Trinajstić information content (AvgIpc) is 3.06. The number of aryl methyl sites for hydroxylation is 1. The summed E-state index contributed by atoms with van der Waals surface area (Å²) in [6, 6.07) is 17.5. The summed E-state index contributed by atoms with van der Waals surface area (Å²) in [5, 5.41) is 5.18. The lowest BCUT2D eigenvalue weighted by Gasteiger charge is -2.46. The Balaban J connectivity index is 1.72. The van der Waals surface area contributed by atoms with Gasteiger partial charge in [-0.1, -0.05) is 56.3 Å². The molecule has 132 valence electrons. The highest BCUT2D eigenvalue weighted by atomic mass is 15.0. The molecular formula is C24H26N2. The van der Waals surface area contributed by atoms with Crippen LogP contribution in [0.4, 0.5) is 5.69 Å². The minimum atomic E-state index is -0.0500. The quantitative estimate of drug-likeness (QED) is 0.537. The molecule has 0 radical (unpaired) electrons. The molecule has 0 unspecified atom stereocenters. The summed E-state index contributed by atoms with van der Waals surface area (Å²) in [5.41, 5.74) is 8.25. The van der Waals surface area contributed by atoms with Gasteiger partial charge in [-0.05, 0) is 49.0 Å². The van der Waals surface area contributed by atoms with Crippen molar-refractivity contribution >= 4 is 22.2 Å². The summed E-state index contributed by atoms with van der Waals surface area (Å²) in [5.74, 6) is 0.487. The van der Waals surface area contributed by atoms with E-state index in [0.29, 0.717) is 5.92 Å². The number of H-pyrrole nitrogens is 1. The van der Waals surface area contributed by atoms with Gasteiger partial charge in [0.2, 0.25) is 0 Å². The van der Waals surface area contributed by atoms with E-state index in [-0.39, 0.29) is 11.0 Å². The zero-order valence-corrected chi connectivity index (χ0v) is 16.0. The van der Waals surface area contributed by atoms with E-state index in [4.69, 9.17) is 0 Å². The number of hydrogen-bond donors (Lipinski definition) is 2. The lowest BCUT2D eigenvalue weighted by molar-refractivity contribution is 0.238. The molecule has 2 nitrogen and oxygen atoms in total. The molecule has 5 rings (SSSR count). The van der Waals surface area contributed by atoms with E-state index in [1.54, 1.807) is 0 Å². The Kier molecular flexibility index (Phi) is 3.05. The van der Waals surface area contributed by atoms with Crippen LogP contribution in [0.1, 0.15) is 49.9 Å². The maximum Gasteiger partial charge on any atom is 0.0608 e. The first kappa shape index (κ1) is 15.7. The number of allylic oxidation sites excluding steroid dienone is 1. The SMILES string of the molecule is Cc1[nH]c2ccccc2c1C1=C[C@@]2(C)Nc3ccccc3[C@H]2C(C)(C)C1. The van der Waals surface area contributed by atoms with Crippen LogP contribution in [0.3, 0.4) is 0 Å². The van der Waals surface area contributed by atoms with Crippen molar-refractivity contribution in [3.8, 4) is 0 Å². The highest BCUT2D eigenvalue weighted by molar-refractivity contribution is 5.95. The fraction of sp³-hybridized carbons (Fsp3) is 0.333. The zero-order valence-electron chi connectivity index (χ0n) is 16.0. The summed E-state index contributed by atoms with van der Waals surface area (Å²) in [6.45, 7) is 9.42. The van der Waals surface area contributed by atoms with Crippen molar-refractivity contribution in [1.82, 2.24) is 4.98 Å². The molecule has 2 heteroatoms. The van der Waals surface area contributed by atoms with Gasteiger partial charge < -0.3 is 10.3 Å². The van der Waals surface area contributed by atoms with Crippen molar-refractivity contribution in [3.05, 3.63) is 71.4 Å². The van der Waals surface area contributed by atoms with Crippen LogP contribution in [0.2, 0.25) is 0 Å². The molecule has 2 atom stereocenters. The molecule has 0 spiro atoms. The Morgan fingerprint density at radius 2 is 1.69 bits per heavy atom. The molecule has 3 aromatic rings. The highest BCUT2D eigenvalue weighted by Crippen LogP contribution is 2.59. The fourth-order valence-corrected chi connectivity index (χ4v) is 5.76. The lowest BCUT2D eigenvalue weighted by atomic mass is 9.60. The minimum Gasteiger partial charge on any atom is -0.376 e. The number of rotatable bonds is 1. The van der Waals surface area contributed by atoms with Gasteiger partial charge in [-0.25, -0.2) is 0 Å². The molecule has 0 saturated heterocycles. The van der Waals surface area contributed by atoms with Crippen LogP contribution in [-0.2, 0) is 0 Å². The van der Waals surface area contributed by atoms with Gasteiger partial charge in [0.05, 0.1) is 5.54 Å². The number of nitrogens with one attached hydrogen (secondary N) is 2. The average molecular weight is 342 g/mol. The third kappa shape index (κ3) is 2.05. The maximum absolute atomic E-state index is 3.84. The minimum absolute atomic E-state index is 0.0500. The molecule has 0 fully saturated rings. The molecule has 2 aliphatic rings. The first-order valence-corrected chi connectivity index (χ1v) is 9.56. The topological polar surface area (TPSA) is 27.8 Å². The van der Waals surface area contributed by atoms with Gasteiger partial charge in [0.15, 0.2) is 0 Å². The van der Waals surface area contributed by atoms with Crippen molar-refractivity contribution in [2.24, 2.45) is 5.41 Å². The van der Waals surface area contributed by atoms with Gasteiger partial charge in [-0.3, -0.25) is 0 Å². The summed E-state index contributed by atoms with van der Waals surface area (Å²) in [7, 11) is 0. The van der Waals surface area contributed by atoms with Crippen LogP contribution < -0.4 is 5.32 Å². The summed E-state index contributed by atoms with van der Waals surface area (Å²) >= 11 is 0. The van der Waals surface area contributed by atoms with Crippen LogP contribution >= 0.6 is 0 Å². The van der Waals surface area contributed by atoms with Crippen LogP contribution in [0.15, 0.2) is 54.6 Å². The summed E-state index contributed by atoms with van der Waals surface area (Å²) in [4.78, 5) is 3.58. The molecular weight excluding hydrogens is 316 g/mol. The lowest BCUT2D eigenvalue weighted by Crippen LogP contribution is -2.44. The second kappa shape index (κ2) is 5.03. The molecule has 1 aliphatic carbocycles. The number of hydrogen-bond acceptors (Lipinski definition) is 1. The Labute approximate surface area is 155 Å². The van der Waals surface area contributed by atoms with E-state index in [1.807, 2.05) is 0 Å². The van der Waals surface area contributed by atoms with Gasteiger partial charge in [0.25, 0.3) is 0 Å². The molecule has 1 aromatic heterocycles. The van der Waals surface area contributed by atoms with E-state index in [0.717, 1.165) is 6.42 Å². The molecule has 0 saturated carbocycles. The second-order valence-electron chi connectivity index (χ2n) is 8.93. The summed E-state index contributed by atoms with van der Waals surface area (Å²) in [6.07, 6.45) is 3.59. The molecule has 2 N–H and O–H groups in total.